The molecule has 10 nitrogen and oxygen atoms in total. The van der Waals surface area contributed by atoms with E-state index in [2.05, 4.69) is 4.98 Å². The fraction of sp³-hybridized carbons (Fsp3) is 0.267. The largest absolute Gasteiger partial charge is 0.497 e. The highest BCUT2D eigenvalue weighted by atomic mass is 16.7. The van der Waals surface area contributed by atoms with E-state index in [0.29, 0.717) is 0 Å². The normalized spacial score (nSPS) is 17.0. The Hall–Kier alpha value is -4.38. The zero-order valence-corrected chi connectivity index (χ0v) is 22.5. The van der Waals surface area contributed by atoms with Crippen LogP contribution in [0.3, 0.4) is 0 Å². The van der Waals surface area contributed by atoms with Gasteiger partial charge < -0.3 is 34.2 Å². The van der Waals surface area contributed by atoms with E-state index in [1.54, 1.807) is 21.3 Å². The van der Waals surface area contributed by atoms with Crippen molar-refractivity contribution in [3.63, 3.8) is 0 Å². The van der Waals surface area contributed by atoms with Crippen LogP contribution in [-0.2, 0) is 19.8 Å². The molecule has 2 N–H and O–H groups in total. The van der Waals surface area contributed by atoms with Gasteiger partial charge >= 0.3 is 5.69 Å². The summed E-state index contributed by atoms with van der Waals surface area (Å²) in [7, 11) is 4.87. The number of nitrogen functional groups attached to an aromatic ring is 1. The monoisotopic (exact) mass is 545 g/mol. The van der Waals surface area contributed by atoms with Crippen molar-refractivity contribution in [2.45, 2.75) is 18.1 Å². The summed E-state index contributed by atoms with van der Waals surface area (Å²) in [5.74, 6) is 2.29. The van der Waals surface area contributed by atoms with E-state index < -0.39 is 23.8 Å². The van der Waals surface area contributed by atoms with Gasteiger partial charge in [0.25, 0.3) is 0 Å². The Kier molecular flexibility index (Phi) is 8.01. The van der Waals surface area contributed by atoms with Crippen molar-refractivity contribution in [3.05, 3.63) is 112 Å². The van der Waals surface area contributed by atoms with E-state index in [9.17, 15) is 4.79 Å². The van der Waals surface area contributed by atoms with Gasteiger partial charge in [-0.1, -0.05) is 36.4 Å². The third-order valence-electron chi connectivity index (χ3n) is 6.82. The first-order valence-electron chi connectivity index (χ1n) is 12.7. The van der Waals surface area contributed by atoms with Gasteiger partial charge in [-0.05, 0) is 59.2 Å². The predicted octanol–water partition coefficient (Wildman–Crippen LogP) is 3.73. The SMILES string of the molecule is COc1ccc(C(OCC2OCC(n3ccc(N)nc3=O)O2)(c2ccc(OC)cc2)c2ccc(OC)cc2)cc1. The molecular formula is C30H31N3O7. The summed E-state index contributed by atoms with van der Waals surface area (Å²) in [5, 5.41) is 0. The summed E-state index contributed by atoms with van der Waals surface area (Å²) in [6.07, 6.45) is 0.133. The van der Waals surface area contributed by atoms with Gasteiger partial charge in [0.15, 0.2) is 12.5 Å². The molecule has 1 aliphatic rings. The quantitative estimate of drug-likeness (QED) is 0.298. The molecule has 2 heterocycles. The molecule has 0 saturated carbocycles. The molecule has 3 aromatic carbocycles. The van der Waals surface area contributed by atoms with Crippen LogP contribution in [0.1, 0.15) is 22.9 Å². The number of anilines is 1. The van der Waals surface area contributed by atoms with Gasteiger partial charge in [-0.15, -0.1) is 0 Å². The van der Waals surface area contributed by atoms with E-state index in [-0.39, 0.29) is 19.0 Å². The number of hydrogen-bond donors (Lipinski definition) is 1. The number of aromatic nitrogens is 2. The van der Waals surface area contributed by atoms with E-state index in [1.165, 1.54) is 16.8 Å². The van der Waals surface area contributed by atoms with Crippen LogP contribution in [0.4, 0.5) is 5.82 Å². The Labute approximate surface area is 231 Å². The first kappa shape index (κ1) is 27.2. The predicted molar refractivity (Wildman–Crippen MR) is 148 cm³/mol. The summed E-state index contributed by atoms with van der Waals surface area (Å²) in [6, 6.07) is 24.7. The molecule has 2 atom stereocenters. The zero-order chi connectivity index (χ0) is 28.1. The zero-order valence-electron chi connectivity index (χ0n) is 22.5. The Balaban J connectivity index is 1.53. The van der Waals surface area contributed by atoms with Crippen LogP contribution in [0.5, 0.6) is 17.2 Å². The van der Waals surface area contributed by atoms with Gasteiger partial charge in [0.05, 0.1) is 34.5 Å². The molecule has 0 amide bonds. The molecule has 0 radical (unpaired) electrons. The van der Waals surface area contributed by atoms with E-state index in [1.807, 2.05) is 72.8 Å². The lowest BCUT2D eigenvalue weighted by Gasteiger charge is -2.36. The summed E-state index contributed by atoms with van der Waals surface area (Å²) >= 11 is 0. The van der Waals surface area contributed by atoms with Crippen LogP contribution < -0.4 is 25.6 Å². The second-order valence-corrected chi connectivity index (χ2v) is 9.07. The Morgan fingerprint density at radius 2 is 1.30 bits per heavy atom. The first-order chi connectivity index (χ1) is 19.5. The van der Waals surface area contributed by atoms with Crippen molar-refractivity contribution in [1.29, 1.82) is 0 Å². The molecule has 4 aromatic rings. The number of methoxy groups -OCH3 is 3. The Morgan fingerprint density at radius 3 is 1.73 bits per heavy atom. The van der Waals surface area contributed by atoms with Crippen molar-refractivity contribution < 1.29 is 28.4 Å². The molecule has 0 aliphatic carbocycles. The van der Waals surface area contributed by atoms with Gasteiger partial charge in [-0.2, -0.15) is 4.98 Å². The van der Waals surface area contributed by atoms with Crippen molar-refractivity contribution >= 4 is 5.82 Å². The van der Waals surface area contributed by atoms with Crippen LogP contribution in [0, 0.1) is 0 Å². The van der Waals surface area contributed by atoms with Crippen LogP contribution in [0.2, 0.25) is 0 Å². The van der Waals surface area contributed by atoms with Gasteiger partial charge in [0.1, 0.15) is 28.7 Å². The van der Waals surface area contributed by atoms with Crippen LogP contribution in [0.25, 0.3) is 0 Å². The Bertz CT molecular complexity index is 1360. The highest BCUT2D eigenvalue weighted by Gasteiger charge is 2.40. The lowest BCUT2D eigenvalue weighted by Crippen LogP contribution is -2.36. The number of rotatable bonds is 10. The highest BCUT2D eigenvalue weighted by molar-refractivity contribution is 5.50. The summed E-state index contributed by atoms with van der Waals surface area (Å²) < 4.78 is 36.4. The molecule has 0 spiro atoms. The van der Waals surface area contributed by atoms with Crippen molar-refractivity contribution in [2.24, 2.45) is 0 Å². The maximum absolute atomic E-state index is 12.3. The second-order valence-electron chi connectivity index (χ2n) is 9.07. The minimum atomic E-state index is -1.07. The van der Waals surface area contributed by atoms with E-state index in [0.717, 1.165) is 33.9 Å². The van der Waals surface area contributed by atoms with Gasteiger partial charge in [-0.25, -0.2) is 4.79 Å². The van der Waals surface area contributed by atoms with Gasteiger partial charge in [0, 0.05) is 6.20 Å². The van der Waals surface area contributed by atoms with Gasteiger partial charge in [-0.3, -0.25) is 4.57 Å². The van der Waals surface area contributed by atoms with Crippen LogP contribution in [-0.4, -0.2) is 50.4 Å². The average molecular weight is 546 g/mol. The minimum Gasteiger partial charge on any atom is -0.497 e. The molecular weight excluding hydrogens is 514 g/mol. The fourth-order valence-corrected chi connectivity index (χ4v) is 4.74. The first-order valence-corrected chi connectivity index (χ1v) is 12.7. The number of nitrogens with two attached hydrogens (primary N) is 1. The highest BCUT2D eigenvalue weighted by Crippen LogP contribution is 2.42. The number of ether oxygens (including phenoxy) is 6. The summed E-state index contributed by atoms with van der Waals surface area (Å²) in [5.41, 5.74) is 6.62. The molecule has 0 bridgehead atoms. The van der Waals surface area contributed by atoms with Crippen molar-refractivity contribution in [3.8, 4) is 17.2 Å². The van der Waals surface area contributed by atoms with E-state index >= 15 is 0 Å². The maximum Gasteiger partial charge on any atom is 0.351 e. The molecule has 1 saturated heterocycles. The molecule has 2 unspecified atom stereocenters. The number of nitrogens with zero attached hydrogens (tertiary/aromatic N) is 2. The van der Waals surface area contributed by atoms with Crippen molar-refractivity contribution in [1.82, 2.24) is 9.55 Å². The van der Waals surface area contributed by atoms with E-state index in [4.69, 9.17) is 34.2 Å². The average Bonchev–Trinajstić information content (AvgIpc) is 3.47. The molecule has 10 heteroatoms. The number of hydrogen-bond acceptors (Lipinski definition) is 9. The fourth-order valence-electron chi connectivity index (χ4n) is 4.74. The topological polar surface area (TPSA) is 116 Å². The maximum atomic E-state index is 12.3. The summed E-state index contributed by atoms with van der Waals surface area (Å²) in [4.78, 5) is 16.1. The number of benzene rings is 3. The lowest BCUT2D eigenvalue weighted by atomic mass is 9.80. The van der Waals surface area contributed by atoms with Crippen LogP contribution >= 0.6 is 0 Å². The Morgan fingerprint density at radius 1 is 0.825 bits per heavy atom. The van der Waals surface area contributed by atoms with Crippen molar-refractivity contribution in [2.75, 3.05) is 40.3 Å². The second kappa shape index (κ2) is 11.8. The molecule has 1 aromatic heterocycles. The smallest absolute Gasteiger partial charge is 0.351 e. The van der Waals surface area contributed by atoms with Crippen LogP contribution in [0.15, 0.2) is 89.9 Å². The van der Waals surface area contributed by atoms with Gasteiger partial charge in [0.2, 0.25) is 0 Å². The molecule has 208 valence electrons. The third-order valence-corrected chi connectivity index (χ3v) is 6.82. The summed E-state index contributed by atoms with van der Waals surface area (Å²) in [6.45, 7) is 0.206. The third kappa shape index (κ3) is 5.37. The molecule has 1 fully saturated rings. The molecule has 5 rings (SSSR count). The minimum absolute atomic E-state index is 0.0533. The molecule has 1 aliphatic heterocycles. The lowest BCUT2D eigenvalue weighted by molar-refractivity contribution is -0.139. The molecule has 40 heavy (non-hydrogen) atoms. The standard InChI is InChI=1S/C30H31N3O7/c1-35-23-10-4-20(5-11-23)30(21-6-12-24(36-2)13-7-21,22-8-14-25(37-3)15-9-22)39-19-28-38-18-27(40-28)33-17-16-26(31)32-29(33)34/h4-17,27-28H,18-19H2,1-3H3,(H2,31,32,34).